The van der Waals surface area contributed by atoms with Crippen LogP contribution in [0.4, 0.5) is 0 Å². The summed E-state index contributed by atoms with van der Waals surface area (Å²) in [6, 6.07) is 29.9. The van der Waals surface area contributed by atoms with Crippen molar-refractivity contribution in [2.45, 2.75) is 38.8 Å². The Morgan fingerprint density at radius 1 is 0.800 bits per heavy atom. The zero-order chi connectivity index (χ0) is 24.5. The molecule has 1 aliphatic heterocycles. The van der Waals surface area contributed by atoms with Crippen molar-refractivity contribution in [1.29, 1.82) is 0 Å². The molecule has 1 amide bonds. The van der Waals surface area contributed by atoms with E-state index in [0.717, 1.165) is 29.5 Å². The van der Waals surface area contributed by atoms with Gasteiger partial charge in [-0.05, 0) is 42.4 Å². The standard InChI is InChI=1S/C29H34N2O3S/c32-29(30(22-26-14-6-2-7-15-26)23-27-16-8-3-9-17-27)28-19-10-20-31(24-28)35(33,34)21-11-18-25-12-4-1-5-13-25/h1-9,12-17,28H,10-11,18-24H2/t28-/m1/s1. The molecular weight excluding hydrogens is 456 g/mol. The van der Waals surface area contributed by atoms with Gasteiger partial charge < -0.3 is 4.90 Å². The van der Waals surface area contributed by atoms with Crippen LogP contribution in [0.15, 0.2) is 91.0 Å². The third-order valence-corrected chi connectivity index (χ3v) is 8.50. The largest absolute Gasteiger partial charge is 0.334 e. The molecule has 35 heavy (non-hydrogen) atoms. The first-order valence-corrected chi connectivity index (χ1v) is 14.0. The third kappa shape index (κ3) is 7.26. The number of hydrogen-bond donors (Lipinski definition) is 0. The quantitative estimate of drug-likeness (QED) is 0.407. The summed E-state index contributed by atoms with van der Waals surface area (Å²) in [7, 11) is -3.40. The van der Waals surface area contributed by atoms with Gasteiger partial charge in [-0.3, -0.25) is 4.79 Å². The van der Waals surface area contributed by atoms with Gasteiger partial charge in [0.2, 0.25) is 15.9 Å². The third-order valence-electron chi connectivity index (χ3n) is 6.58. The highest BCUT2D eigenvalue weighted by Crippen LogP contribution is 2.24. The Morgan fingerprint density at radius 2 is 1.31 bits per heavy atom. The van der Waals surface area contributed by atoms with Crippen LogP contribution in [0.1, 0.15) is 36.0 Å². The van der Waals surface area contributed by atoms with Crippen molar-refractivity contribution in [3.8, 4) is 0 Å². The molecule has 0 spiro atoms. The molecule has 6 heteroatoms. The van der Waals surface area contributed by atoms with E-state index in [-0.39, 0.29) is 24.1 Å². The molecule has 0 bridgehead atoms. The molecular formula is C29H34N2O3S. The fourth-order valence-corrected chi connectivity index (χ4v) is 6.29. The van der Waals surface area contributed by atoms with Gasteiger partial charge in [0.05, 0.1) is 11.7 Å². The van der Waals surface area contributed by atoms with Crippen LogP contribution in [0, 0.1) is 5.92 Å². The number of carbonyl (C=O) groups is 1. The zero-order valence-electron chi connectivity index (χ0n) is 20.1. The van der Waals surface area contributed by atoms with Gasteiger partial charge >= 0.3 is 0 Å². The van der Waals surface area contributed by atoms with E-state index in [4.69, 9.17) is 0 Å². The van der Waals surface area contributed by atoms with Gasteiger partial charge in [-0.15, -0.1) is 0 Å². The molecule has 0 aromatic heterocycles. The Hall–Kier alpha value is -2.96. The number of rotatable bonds is 10. The molecule has 1 heterocycles. The van der Waals surface area contributed by atoms with Crippen molar-refractivity contribution < 1.29 is 13.2 Å². The highest BCUT2D eigenvalue weighted by Gasteiger charge is 2.34. The van der Waals surface area contributed by atoms with E-state index in [1.807, 2.05) is 95.9 Å². The lowest BCUT2D eigenvalue weighted by molar-refractivity contribution is -0.138. The summed E-state index contributed by atoms with van der Waals surface area (Å²) < 4.78 is 27.7. The number of hydrogen-bond acceptors (Lipinski definition) is 3. The van der Waals surface area contributed by atoms with Crippen molar-refractivity contribution >= 4 is 15.9 Å². The molecule has 0 unspecified atom stereocenters. The van der Waals surface area contributed by atoms with Crippen LogP contribution >= 0.6 is 0 Å². The monoisotopic (exact) mass is 490 g/mol. The smallest absolute Gasteiger partial charge is 0.227 e. The Bertz CT molecular complexity index is 1130. The van der Waals surface area contributed by atoms with Crippen molar-refractivity contribution in [3.05, 3.63) is 108 Å². The molecule has 1 fully saturated rings. The van der Waals surface area contributed by atoms with Crippen molar-refractivity contribution in [1.82, 2.24) is 9.21 Å². The Kier molecular flexibility index (Phi) is 8.72. The van der Waals surface area contributed by atoms with E-state index in [2.05, 4.69) is 0 Å². The van der Waals surface area contributed by atoms with Crippen molar-refractivity contribution in [2.24, 2.45) is 5.92 Å². The van der Waals surface area contributed by atoms with Gasteiger partial charge in [-0.25, -0.2) is 12.7 Å². The number of aryl methyl sites for hydroxylation is 1. The van der Waals surface area contributed by atoms with Gasteiger partial charge in [-0.1, -0.05) is 91.0 Å². The first-order valence-electron chi connectivity index (χ1n) is 12.4. The molecule has 1 aliphatic rings. The van der Waals surface area contributed by atoms with Crippen LogP contribution < -0.4 is 0 Å². The first-order chi connectivity index (χ1) is 17.0. The molecule has 0 aliphatic carbocycles. The van der Waals surface area contributed by atoms with E-state index in [9.17, 15) is 13.2 Å². The average Bonchev–Trinajstić information content (AvgIpc) is 2.90. The van der Waals surface area contributed by atoms with E-state index >= 15 is 0 Å². The van der Waals surface area contributed by atoms with Crippen LogP contribution in [0.5, 0.6) is 0 Å². The summed E-state index contributed by atoms with van der Waals surface area (Å²) in [6.07, 6.45) is 2.74. The summed E-state index contributed by atoms with van der Waals surface area (Å²) in [5.41, 5.74) is 3.28. The lowest BCUT2D eigenvalue weighted by Gasteiger charge is -2.34. The van der Waals surface area contributed by atoms with Crippen LogP contribution in [0.25, 0.3) is 0 Å². The van der Waals surface area contributed by atoms with Crippen molar-refractivity contribution in [3.63, 3.8) is 0 Å². The summed E-state index contributed by atoms with van der Waals surface area (Å²) in [5.74, 6) is -0.178. The minimum absolute atomic E-state index is 0.0295. The minimum atomic E-state index is -3.40. The summed E-state index contributed by atoms with van der Waals surface area (Å²) >= 11 is 0. The molecule has 0 saturated carbocycles. The molecule has 1 atom stereocenters. The molecule has 1 saturated heterocycles. The maximum absolute atomic E-state index is 13.7. The predicted molar refractivity (Wildman–Crippen MR) is 140 cm³/mol. The van der Waals surface area contributed by atoms with Gasteiger partial charge in [-0.2, -0.15) is 0 Å². The Labute approximate surface area is 209 Å². The second-order valence-corrected chi connectivity index (χ2v) is 11.4. The van der Waals surface area contributed by atoms with Gasteiger partial charge in [0.25, 0.3) is 0 Å². The van der Waals surface area contributed by atoms with Crippen LogP contribution in [-0.2, 0) is 34.3 Å². The highest BCUT2D eigenvalue weighted by atomic mass is 32.2. The average molecular weight is 491 g/mol. The second kappa shape index (κ2) is 12.1. The summed E-state index contributed by atoms with van der Waals surface area (Å²) in [6.45, 7) is 1.78. The van der Waals surface area contributed by atoms with E-state index in [1.165, 1.54) is 0 Å². The highest BCUT2D eigenvalue weighted by molar-refractivity contribution is 7.89. The molecule has 5 nitrogen and oxygen atoms in total. The van der Waals surface area contributed by atoms with E-state index in [0.29, 0.717) is 32.5 Å². The number of carbonyl (C=O) groups excluding carboxylic acids is 1. The zero-order valence-corrected chi connectivity index (χ0v) is 20.9. The topological polar surface area (TPSA) is 57.7 Å². The maximum Gasteiger partial charge on any atom is 0.227 e. The number of piperidine rings is 1. The number of amides is 1. The fourth-order valence-electron chi connectivity index (χ4n) is 4.71. The van der Waals surface area contributed by atoms with Gasteiger partial charge in [0.1, 0.15) is 0 Å². The molecule has 0 radical (unpaired) electrons. The molecule has 3 aromatic carbocycles. The second-order valence-electron chi connectivity index (χ2n) is 9.27. The minimum Gasteiger partial charge on any atom is -0.334 e. The van der Waals surface area contributed by atoms with Crippen LogP contribution in [0.2, 0.25) is 0 Å². The van der Waals surface area contributed by atoms with Crippen molar-refractivity contribution in [2.75, 3.05) is 18.8 Å². The van der Waals surface area contributed by atoms with Gasteiger partial charge in [0.15, 0.2) is 0 Å². The Balaban J connectivity index is 1.42. The number of sulfonamides is 1. The first kappa shape index (κ1) is 25.1. The van der Waals surface area contributed by atoms with Crippen LogP contribution in [-0.4, -0.2) is 42.4 Å². The van der Waals surface area contributed by atoms with E-state index < -0.39 is 10.0 Å². The Morgan fingerprint density at radius 3 is 1.86 bits per heavy atom. The summed E-state index contributed by atoms with van der Waals surface area (Å²) in [4.78, 5) is 15.6. The molecule has 4 rings (SSSR count). The molecule has 3 aromatic rings. The fraction of sp³-hybridized carbons (Fsp3) is 0.345. The van der Waals surface area contributed by atoms with Crippen LogP contribution in [0.3, 0.4) is 0 Å². The number of benzene rings is 3. The van der Waals surface area contributed by atoms with Gasteiger partial charge in [0, 0.05) is 26.2 Å². The predicted octanol–water partition coefficient (Wildman–Crippen LogP) is 4.89. The van der Waals surface area contributed by atoms with E-state index in [1.54, 1.807) is 4.31 Å². The molecule has 184 valence electrons. The lowest BCUT2D eigenvalue weighted by atomic mass is 9.97. The normalized spacial score (nSPS) is 16.6. The lowest BCUT2D eigenvalue weighted by Crippen LogP contribution is -2.47. The maximum atomic E-state index is 13.7. The SMILES string of the molecule is O=C([C@@H]1CCCN(S(=O)(=O)CCCc2ccccc2)C1)N(Cc1ccccc1)Cc1ccccc1. The molecule has 0 N–H and O–H groups in total. The number of nitrogens with zero attached hydrogens (tertiary/aromatic N) is 2. The summed E-state index contributed by atoms with van der Waals surface area (Å²) in [5, 5.41) is 0.